The summed E-state index contributed by atoms with van der Waals surface area (Å²) in [5.74, 6) is 0.123. The lowest BCUT2D eigenvalue weighted by molar-refractivity contribution is -0.121. The molecule has 33 heavy (non-hydrogen) atoms. The molecule has 5 nitrogen and oxygen atoms in total. The molecule has 1 atom stereocenters. The lowest BCUT2D eigenvalue weighted by atomic mass is 9.97. The van der Waals surface area contributed by atoms with Crippen molar-refractivity contribution in [2.45, 2.75) is 31.9 Å². The molecule has 3 heterocycles. The number of halogens is 1. The van der Waals surface area contributed by atoms with Crippen molar-refractivity contribution >= 4 is 22.9 Å². The summed E-state index contributed by atoms with van der Waals surface area (Å²) in [4.78, 5) is 29.9. The molecule has 1 aliphatic heterocycles. The molecule has 1 unspecified atom stereocenters. The molecule has 0 N–H and O–H groups in total. The second-order valence-corrected chi connectivity index (χ2v) is 9.07. The fourth-order valence-corrected chi connectivity index (χ4v) is 5.02. The molecule has 5 rings (SSSR count). The van der Waals surface area contributed by atoms with Gasteiger partial charge in [0, 0.05) is 30.4 Å². The Morgan fingerprint density at radius 3 is 2.82 bits per heavy atom. The highest BCUT2D eigenvalue weighted by atomic mass is 32.1. The quantitative estimate of drug-likeness (QED) is 0.357. The first-order chi connectivity index (χ1) is 16.1. The number of ether oxygens (including phenoxy) is 1. The number of carbonyl (C=O) groups is 2. The maximum absolute atomic E-state index is 14.8. The molecule has 0 bridgehead atoms. The van der Waals surface area contributed by atoms with Crippen LogP contribution in [0.2, 0.25) is 0 Å². The average Bonchev–Trinajstić information content (AvgIpc) is 3.49. The predicted molar refractivity (Wildman–Crippen MR) is 124 cm³/mol. The summed E-state index contributed by atoms with van der Waals surface area (Å²) in [6.07, 6.45) is 4.39. The number of carbonyl (C=O) groups excluding carboxylic acids is 2. The van der Waals surface area contributed by atoms with E-state index < -0.39 is 5.82 Å². The maximum Gasteiger partial charge on any atom is 0.179 e. The highest BCUT2D eigenvalue weighted by Crippen LogP contribution is 2.32. The van der Waals surface area contributed by atoms with Crippen molar-refractivity contribution in [1.29, 1.82) is 0 Å². The van der Waals surface area contributed by atoms with Crippen LogP contribution in [0.15, 0.2) is 73.1 Å². The molecule has 166 valence electrons. The van der Waals surface area contributed by atoms with E-state index in [4.69, 9.17) is 4.74 Å². The first-order valence-corrected chi connectivity index (χ1v) is 11.5. The van der Waals surface area contributed by atoms with Gasteiger partial charge in [0.1, 0.15) is 23.2 Å². The molecule has 4 aromatic rings. The van der Waals surface area contributed by atoms with Gasteiger partial charge in [0.2, 0.25) is 0 Å². The molecule has 0 aliphatic carbocycles. The van der Waals surface area contributed by atoms with E-state index >= 15 is 0 Å². The monoisotopic (exact) mass is 460 g/mol. The van der Waals surface area contributed by atoms with E-state index in [0.29, 0.717) is 46.3 Å². The van der Waals surface area contributed by atoms with Crippen LogP contribution < -0.4 is 4.74 Å². The molecule has 7 heteroatoms. The predicted octanol–water partition coefficient (Wildman–Crippen LogP) is 5.66. The van der Waals surface area contributed by atoms with Crippen LogP contribution in [0, 0.1) is 5.82 Å². The van der Waals surface area contributed by atoms with Crippen molar-refractivity contribution in [3.05, 3.63) is 95.1 Å². The van der Waals surface area contributed by atoms with Gasteiger partial charge in [-0.2, -0.15) is 0 Å². The van der Waals surface area contributed by atoms with Crippen LogP contribution in [0.1, 0.15) is 39.9 Å². The Morgan fingerprint density at radius 2 is 2.00 bits per heavy atom. The van der Waals surface area contributed by atoms with E-state index in [0.717, 1.165) is 5.56 Å². The number of aromatic nitrogens is 2. The fourth-order valence-electron chi connectivity index (χ4n) is 4.06. The van der Waals surface area contributed by atoms with Gasteiger partial charge >= 0.3 is 0 Å². The van der Waals surface area contributed by atoms with Gasteiger partial charge in [-0.25, -0.2) is 9.37 Å². The molecule has 2 aromatic carbocycles. The van der Waals surface area contributed by atoms with Crippen LogP contribution in [0.25, 0.3) is 10.4 Å². The van der Waals surface area contributed by atoms with Gasteiger partial charge in [0.25, 0.3) is 0 Å². The number of hydrogen-bond donors (Lipinski definition) is 0. The number of ketones is 2. The number of Topliss-reactive ketones (excluding diaryl/α,β-unsaturated/α-hetero) is 2. The zero-order valence-electron chi connectivity index (χ0n) is 17.7. The van der Waals surface area contributed by atoms with Gasteiger partial charge in [-0.1, -0.05) is 30.3 Å². The second kappa shape index (κ2) is 9.11. The number of nitrogens with zero attached hydrogens (tertiary/aromatic N) is 2. The van der Waals surface area contributed by atoms with Gasteiger partial charge < -0.3 is 9.30 Å². The summed E-state index contributed by atoms with van der Waals surface area (Å²) < 4.78 is 22.2. The number of rotatable bonds is 7. The third-order valence-electron chi connectivity index (χ3n) is 5.75. The summed E-state index contributed by atoms with van der Waals surface area (Å²) in [5, 5.41) is 0.629. The first-order valence-electron chi connectivity index (χ1n) is 10.7. The Morgan fingerprint density at radius 1 is 1.15 bits per heavy atom. The van der Waals surface area contributed by atoms with Crippen LogP contribution in [0.3, 0.4) is 0 Å². The minimum Gasteiger partial charge on any atom is -0.489 e. The van der Waals surface area contributed by atoms with Crippen molar-refractivity contribution in [3.63, 3.8) is 0 Å². The third kappa shape index (κ3) is 4.50. The normalized spacial score (nSPS) is 15.3. The van der Waals surface area contributed by atoms with Gasteiger partial charge in [0.05, 0.1) is 23.0 Å². The summed E-state index contributed by atoms with van der Waals surface area (Å²) in [5.41, 5.74) is 2.01. The van der Waals surface area contributed by atoms with E-state index in [1.165, 1.54) is 17.4 Å². The summed E-state index contributed by atoms with van der Waals surface area (Å²) >= 11 is 1.30. The van der Waals surface area contributed by atoms with Crippen LogP contribution in [-0.2, 0) is 17.8 Å². The molecule has 2 aromatic heterocycles. The minimum absolute atomic E-state index is 0.00554. The standard InChI is InChI=1S/C26H21FN2O3S/c27-20-13-18(32-16-17-5-2-1-3-6-17)8-9-19(20)25-15-28-26(33-25)14-24(31)22-10-11-23(30)21-7-4-12-29(21)22/h1-9,12-13,15,22H,10-11,14,16H2. The second-order valence-electron chi connectivity index (χ2n) is 7.96. The van der Waals surface area contributed by atoms with Crippen molar-refractivity contribution < 1.29 is 18.7 Å². The minimum atomic E-state index is -0.398. The van der Waals surface area contributed by atoms with E-state index in [1.807, 2.05) is 30.3 Å². The molecule has 0 saturated carbocycles. The summed E-state index contributed by atoms with van der Waals surface area (Å²) in [6.45, 7) is 0.363. The maximum atomic E-state index is 14.8. The van der Waals surface area contributed by atoms with Gasteiger partial charge in [-0.15, -0.1) is 11.3 Å². The van der Waals surface area contributed by atoms with Gasteiger partial charge in [-0.05, 0) is 36.2 Å². The number of hydrogen-bond acceptors (Lipinski definition) is 5. The lowest BCUT2D eigenvalue weighted by Crippen LogP contribution is -2.28. The van der Waals surface area contributed by atoms with Crippen molar-refractivity contribution in [2.24, 2.45) is 0 Å². The van der Waals surface area contributed by atoms with Crippen LogP contribution in [-0.4, -0.2) is 21.1 Å². The molecular weight excluding hydrogens is 439 g/mol. The Hall–Kier alpha value is -3.58. The van der Waals surface area contributed by atoms with Crippen LogP contribution in [0.5, 0.6) is 5.75 Å². The SMILES string of the molecule is O=C1CCC(C(=O)Cc2ncc(-c3ccc(OCc4ccccc4)cc3F)s2)n2cccc21. The highest BCUT2D eigenvalue weighted by Gasteiger charge is 2.29. The van der Waals surface area contributed by atoms with Crippen LogP contribution in [0.4, 0.5) is 4.39 Å². The van der Waals surface area contributed by atoms with E-state index in [9.17, 15) is 14.0 Å². The lowest BCUT2D eigenvalue weighted by Gasteiger charge is -2.24. The molecular formula is C26H21FN2O3S. The summed E-state index contributed by atoms with van der Waals surface area (Å²) in [7, 11) is 0. The molecule has 0 fully saturated rings. The topological polar surface area (TPSA) is 61.2 Å². The summed E-state index contributed by atoms with van der Waals surface area (Å²) in [6, 6.07) is 17.7. The Kier molecular flexibility index (Phi) is 5.88. The van der Waals surface area contributed by atoms with E-state index in [2.05, 4.69) is 4.98 Å². The molecule has 0 saturated heterocycles. The smallest absolute Gasteiger partial charge is 0.179 e. The molecule has 0 spiro atoms. The van der Waals surface area contributed by atoms with Crippen molar-refractivity contribution in [2.75, 3.05) is 0 Å². The van der Waals surface area contributed by atoms with Crippen molar-refractivity contribution in [3.8, 4) is 16.2 Å². The van der Waals surface area contributed by atoms with Gasteiger partial charge in [-0.3, -0.25) is 9.59 Å². The number of benzene rings is 2. The van der Waals surface area contributed by atoms with Crippen LogP contribution >= 0.6 is 11.3 Å². The zero-order valence-corrected chi connectivity index (χ0v) is 18.6. The number of thiazole rings is 1. The molecule has 0 radical (unpaired) electrons. The van der Waals surface area contributed by atoms with Gasteiger partial charge in [0.15, 0.2) is 11.6 Å². The Bertz CT molecular complexity index is 1310. The van der Waals surface area contributed by atoms with E-state index in [1.54, 1.807) is 41.2 Å². The Balaban J connectivity index is 1.26. The molecule has 0 amide bonds. The Labute approximate surface area is 194 Å². The highest BCUT2D eigenvalue weighted by molar-refractivity contribution is 7.15. The molecule has 1 aliphatic rings. The number of fused-ring (bicyclic) bond motifs is 1. The average molecular weight is 461 g/mol. The zero-order chi connectivity index (χ0) is 22.8. The van der Waals surface area contributed by atoms with E-state index in [-0.39, 0.29) is 24.0 Å². The van der Waals surface area contributed by atoms with Crippen molar-refractivity contribution in [1.82, 2.24) is 9.55 Å². The first kappa shape index (κ1) is 21.3. The third-order valence-corrected chi connectivity index (χ3v) is 6.78. The fraction of sp³-hybridized carbons (Fsp3) is 0.192. The largest absolute Gasteiger partial charge is 0.489 e.